The van der Waals surface area contributed by atoms with E-state index in [-0.39, 0.29) is 0 Å². The van der Waals surface area contributed by atoms with E-state index in [9.17, 15) is 4.79 Å². The SMILES string of the molecule is CC(C)C1CN(CCCC(=O)C2CC2)CCO1. The van der Waals surface area contributed by atoms with Crippen LogP contribution in [0.3, 0.4) is 0 Å². The third-order valence-corrected chi connectivity index (χ3v) is 3.85. The van der Waals surface area contributed by atoms with Crippen molar-refractivity contribution in [2.75, 3.05) is 26.2 Å². The molecule has 1 aliphatic carbocycles. The fourth-order valence-corrected chi connectivity index (χ4v) is 2.42. The lowest BCUT2D eigenvalue weighted by Crippen LogP contribution is -2.44. The normalized spacial score (nSPS) is 26.4. The van der Waals surface area contributed by atoms with Crippen LogP contribution in [0, 0.1) is 11.8 Å². The first kappa shape index (κ1) is 13.0. The number of ether oxygens (including phenoxy) is 1. The Labute approximate surface area is 105 Å². The smallest absolute Gasteiger partial charge is 0.136 e. The highest BCUT2D eigenvalue weighted by Crippen LogP contribution is 2.31. The van der Waals surface area contributed by atoms with Crippen molar-refractivity contribution < 1.29 is 9.53 Å². The number of hydrogen-bond acceptors (Lipinski definition) is 3. The van der Waals surface area contributed by atoms with E-state index in [1.54, 1.807) is 0 Å². The van der Waals surface area contributed by atoms with Gasteiger partial charge in [-0.1, -0.05) is 13.8 Å². The summed E-state index contributed by atoms with van der Waals surface area (Å²) in [4.78, 5) is 14.0. The fourth-order valence-electron chi connectivity index (χ4n) is 2.42. The summed E-state index contributed by atoms with van der Waals surface area (Å²) in [5.74, 6) is 1.52. The Bertz CT molecular complexity index is 261. The lowest BCUT2D eigenvalue weighted by Gasteiger charge is -2.34. The van der Waals surface area contributed by atoms with Crippen molar-refractivity contribution in [3.8, 4) is 0 Å². The van der Waals surface area contributed by atoms with Crippen LogP contribution in [0.15, 0.2) is 0 Å². The van der Waals surface area contributed by atoms with Gasteiger partial charge >= 0.3 is 0 Å². The molecule has 2 aliphatic rings. The van der Waals surface area contributed by atoms with Gasteiger partial charge in [-0.3, -0.25) is 9.69 Å². The quantitative estimate of drug-likeness (QED) is 0.711. The monoisotopic (exact) mass is 239 g/mol. The molecule has 0 aromatic rings. The highest BCUT2D eigenvalue weighted by Gasteiger charge is 2.29. The van der Waals surface area contributed by atoms with E-state index in [4.69, 9.17) is 4.74 Å². The Kier molecular flexibility index (Phi) is 4.57. The van der Waals surface area contributed by atoms with Crippen molar-refractivity contribution >= 4 is 5.78 Å². The third kappa shape index (κ3) is 4.07. The number of carbonyl (C=O) groups excluding carboxylic acids is 1. The maximum atomic E-state index is 11.6. The zero-order valence-corrected chi connectivity index (χ0v) is 11.2. The molecule has 0 N–H and O–H groups in total. The number of hydrogen-bond donors (Lipinski definition) is 0. The maximum absolute atomic E-state index is 11.6. The van der Waals surface area contributed by atoms with Crippen LogP contribution in [0.5, 0.6) is 0 Å². The molecule has 2 rings (SSSR count). The Morgan fingerprint density at radius 2 is 2.18 bits per heavy atom. The Morgan fingerprint density at radius 1 is 1.41 bits per heavy atom. The van der Waals surface area contributed by atoms with Gasteiger partial charge in [0, 0.05) is 25.4 Å². The lowest BCUT2D eigenvalue weighted by molar-refractivity contribution is -0.120. The molecule has 3 heteroatoms. The van der Waals surface area contributed by atoms with Crippen LogP contribution in [0.2, 0.25) is 0 Å². The first-order valence-corrected chi connectivity index (χ1v) is 7.03. The van der Waals surface area contributed by atoms with E-state index in [1.165, 1.54) is 0 Å². The Balaban J connectivity index is 1.62. The summed E-state index contributed by atoms with van der Waals surface area (Å²) < 4.78 is 5.74. The summed E-state index contributed by atoms with van der Waals surface area (Å²) in [6.45, 7) is 8.40. The van der Waals surface area contributed by atoms with Gasteiger partial charge in [-0.05, 0) is 31.7 Å². The number of Topliss-reactive ketones (excluding diaryl/α,β-unsaturated/α-hetero) is 1. The third-order valence-electron chi connectivity index (χ3n) is 3.85. The summed E-state index contributed by atoms with van der Waals surface area (Å²) in [6.07, 6.45) is 4.48. The van der Waals surface area contributed by atoms with Gasteiger partial charge in [-0.15, -0.1) is 0 Å². The predicted molar refractivity (Wildman–Crippen MR) is 68.0 cm³/mol. The average Bonchev–Trinajstić information content (AvgIpc) is 3.13. The Hall–Kier alpha value is -0.410. The van der Waals surface area contributed by atoms with E-state index in [0.29, 0.717) is 23.7 Å². The number of nitrogens with zero attached hydrogens (tertiary/aromatic N) is 1. The number of morpholine rings is 1. The molecule has 1 heterocycles. The average molecular weight is 239 g/mol. The van der Waals surface area contributed by atoms with Crippen LogP contribution in [0.1, 0.15) is 39.5 Å². The van der Waals surface area contributed by atoms with Crippen molar-refractivity contribution in [3.05, 3.63) is 0 Å². The minimum atomic E-state index is 0.378. The van der Waals surface area contributed by atoms with Crippen LogP contribution < -0.4 is 0 Å². The second-order valence-electron chi connectivity index (χ2n) is 5.80. The van der Waals surface area contributed by atoms with Crippen LogP contribution in [0.25, 0.3) is 0 Å². The molecule has 98 valence electrons. The molecule has 3 nitrogen and oxygen atoms in total. The number of carbonyl (C=O) groups is 1. The molecule has 1 saturated heterocycles. The predicted octanol–water partition coefficient (Wildman–Crippen LogP) is 2.10. The molecular weight excluding hydrogens is 214 g/mol. The van der Waals surface area contributed by atoms with Gasteiger partial charge < -0.3 is 4.74 Å². The molecule has 0 aromatic heterocycles. The van der Waals surface area contributed by atoms with Crippen molar-refractivity contribution in [1.29, 1.82) is 0 Å². The largest absolute Gasteiger partial charge is 0.375 e. The molecule has 0 spiro atoms. The second kappa shape index (κ2) is 5.96. The number of rotatable bonds is 6. The summed E-state index contributed by atoms with van der Waals surface area (Å²) in [5, 5.41) is 0. The maximum Gasteiger partial charge on any atom is 0.136 e. The minimum Gasteiger partial charge on any atom is -0.375 e. The van der Waals surface area contributed by atoms with Crippen molar-refractivity contribution in [2.24, 2.45) is 11.8 Å². The molecule has 1 aliphatic heterocycles. The van der Waals surface area contributed by atoms with Crippen LogP contribution in [0.4, 0.5) is 0 Å². The van der Waals surface area contributed by atoms with Crippen LogP contribution >= 0.6 is 0 Å². The molecule has 1 atom stereocenters. The first-order chi connectivity index (χ1) is 8.16. The van der Waals surface area contributed by atoms with Gasteiger partial charge in [0.2, 0.25) is 0 Å². The zero-order chi connectivity index (χ0) is 12.3. The lowest BCUT2D eigenvalue weighted by atomic mass is 10.1. The van der Waals surface area contributed by atoms with E-state index in [0.717, 1.165) is 51.9 Å². The van der Waals surface area contributed by atoms with Gasteiger partial charge in [0.1, 0.15) is 5.78 Å². The molecule has 1 unspecified atom stereocenters. The van der Waals surface area contributed by atoms with Crippen LogP contribution in [-0.4, -0.2) is 43.0 Å². The summed E-state index contributed by atoms with van der Waals surface area (Å²) in [6, 6.07) is 0. The van der Waals surface area contributed by atoms with E-state index < -0.39 is 0 Å². The number of ketones is 1. The molecule has 0 amide bonds. The van der Waals surface area contributed by atoms with Gasteiger partial charge in [0.25, 0.3) is 0 Å². The molecule has 2 fully saturated rings. The Morgan fingerprint density at radius 3 is 2.82 bits per heavy atom. The summed E-state index contributed by atoms with van der Waals surface area (Å²) in [7, 11) is 0. The van der Waals surface area contributed by atoms with Crippen molar-refractivity contribution in [2.45, 2.75) is 45.6 Å². The van der Waals surface area contributed by atoms with Gasteiger partial charge in [-0.2, -0.15) is 0 Å². The fraction of sp³-hybridized carbons (Fsp3) is 0.929. The standard InChI is InChI=1S/C14H25NO2/c1-11(2)14-10-15(8-9-17-14)7-3-4-13(16)12-5-6-12/h11-12,14H,3-10H2,1-2H3. The topological polar surface area (TPSA) is 29.5 Å². The van der Waals surface area contributed by atoms with Crippen molar-refractivity contribution in [1.82, 2.24) is 4.90 Å². The summed E-state index contributed by atoms with van der Waals surface area (Å²) >= 11 is 0. The van der Waals surface area contributed by atoms with Gasteiger partial charge in [0.15, 0.2) is 0 Å². The van der Waals surface area contributed by atoms with Crippen molar-refractivity contribution in [3.63, 3.8) is 0 Å². The highest BCUT2D eigenvalue weighted by atomic mass is 16.5. The van der Waals surface area contributed by atoms with E-state index in [2.05, 4.69) is 18.7 Å². The second-order valence-corrected chi connectivity index (χ2v) is 5.80. The van der Waals surface area contributed by atoms with E-state index >= 15 is 0 Å². The minimum absolute atomic E-state index is 0.378. The molecular formula is C14H25NO2. The first-order valence-electron chi connectivity index (χ1n) is 7.03. The highest BCUT2D eigenvalue weighted by molar-refractivity contribution is 5.83. The summed E-state index contributed by atoms with van der Waals surface area (Å²) in [5.41, 5.74) is 0. The van der Waals surface area contributed by atoms with Gasteiger partial charge in [-0.25, -0.2) is 0 Å². The van der Waals surface area contributed by atoms with Crippen LogP contribution in [-0.2, 0) is 9.53 Å². The molecule has 1 saturated carbocycles. The van der Waals surface area contributed by atoms with Gasteiger partial charge in [0.05, 0.1) is 12.7 Å². The van der Waals surface area contributed by atoms with E-state index in [1.807, 2.05) is 0 Å². The molecule has 0 bridgehead atoms. The molecule has 0 aromatic carbocycles. The molecule has 0 radical (unpaired) electrons. The zero-order valence-electron chi connectivity index (χ0n) is 11.2. The molecule has 17 heavy (non-hydrogen) atoms.